The van der Waals surface area contributed by atoms with Gasteiger partial charge >= 0.3 is 11.9 Å². The quantitative estimate of drug-likeness (QED) is 0.362. The normalized spacial score (nSPS) is 47.8. The molecule has 1 saturated heterocycles. The zero-order chi connectivity index (χ0) is 22.5. The van der Waals surface area contributed by atoms with E-state index in [0.29, 0.717) is 36.7 Å². The van der Waals surface area contributed by atoms with E-state index in [0.717, 1.165) is 37.9 Å². The van der Waals surface area contributed by atoms with Crippen molar-refractivity contribution in [3.63, 3.8) is 0 Å². The first-order chi connectivity index (χ1) is 15.3. The Kier molecular flexibility index (Phi) is 4.18. The maximum Gasteiger partial charge on any atom is 0.321 e. The lowest BCUT2D eigenvalue weighted by Crippen LogP contribution is -2.53. The molecule has 172 valence electrons. The molecule has 0 aromatic carbocycles. The second-order valence-corrected chi connectivity index (χ2v) is 11.3. The van der Waals surface area contributed by atoms with Crippen LogP contribution in [0.3, 0.4) is 0 Å². The van der Waals surface area contributed by atoms with Gasteiger partial charge < -0.3 is 14.2 Å². The summed E-state index contributed by atoms with van der Waals surface area (Å²) in [6.07, 6.45) is 12.8. The summed E-state index contributed by atoms with van der Waals surface area (Å²) >= 11 is 0. The van der Waals surface area contributed by atoms with E-state index in [1.54, 1.807) is 19.6 Å². The van der Waals surface area contributed by atoms with Crippen LogP contribution < -0.4 is 0 Å². The van der Waals surface area contributed by atoms with E-state index in [1.165, 1.54) is 5.57 Å². The number of ether oxygens (including phenoxy) is 3. The van der Waals surface area contributed by atoms with Gasteiger partial charge in [-0.05, 0) is 62.0 Å². The third-order valence-corrected chi connectivity index (χ3v) is 10.1. The van der Waals surface area contributed by atoms with Crippen molar-refractivity contribution < 1.29 is 23.8 Å². The van der Waals surface area contributed by atoms with E-state index in [4.69, 9.17) is 14.2 Å². The van der Waals surface area contributed by atoms with Gasteiger partial charge in [-0.15, -0.1) is 0 Å². The number of hydrogen-bond donors (Lipinski definition) is 0. The molecular weight excluding hydrogens is 404 g/mol. The standard InChI is InChI=1S/C27H34O5/c1-5-31-23(28)19-14-27(32-24(19)29)21-13-18(21)22-17-7-6-15-12-16(30-4)8-10-25(15,2)20(17)9-11-26(22,27)3/h6,9,12,17-19,21-22H,5,7-8,10-11,13-14H2,1-4H3. The lowest BCUT2D eigenvalue weighted by Gasteiger charge is -2.55. The van der Waals surface area contributed by atoms with E-state index in [9.17, 15) is 9.59 Å². The Hall–Kier alpha value is -2.04. The molecule has 1 heterocycles. The summed E-state index contributed by atoms with van der Waals surface area (Å²) in [6.45, 7) is 6.82. The Morgan fingerprint density at radius 2 is 2.09 bits per heavy atom. The number of methoxy groups -OCH3 is 1. The summed E-state index contributed by atoms with van der Waals surface area (Å²) in [5.74, 6) is 1.52. The molecular formula is C27H34O5. The summed E-state index contributed by atoms with van der Waals surface area (Å²) in [5.41, 5.74) is 2.45. The van der Waals surface area contributed by atoms with E-state index >= 15 is 0 Å². The van der Waals surface area contributed by atoms with Crippen LogP contribution in [0.1, 0.15) is 59.3 Å². The van der Waals surface area contributed by atoms with Crippen molar-refractivity contribution in [1.82, 2.24) is 0 Å². The molecule has 0 aromatic rings. The predicted molar refractivity (Wildman–Crippen MR) is 118 cm³/mol. The van der Waals surface area contributed by atoms with Crippen LogP contribution in [0.15, 0.2) is 35.1 Å². The Balaban J connectivity index is 1.36. The van der Waals surface area contributed by atoms with Crippen molar-refractivity contribution >= 4 is 11.9 Å². The number of carbonyl (C=O) groups is 2. The van der Waals surface area contributed by atoms with E-state index in [-0.39, 0.29) is 16.8 Å². The third kappa shape index (κ3) is 2.35. The second-order valence-electron chi connectivity index (χ2n) is 11.3. The van der Waals surface area contributed by atoms with Crippen LogP contribution in [0, 0.1) is 40.4 Å². The summed E-state index contributed by atoms with van der Waals surface area (Å²) in [5, 5.41) is 0. The molecule has 8 unspecified atom stereocenters. The second kappa shape index (κ2) is 6.51. The highest BCUT2D eigenvalue weighted by Crippen LogP contribution is 2.78. The molecule has 0 amide bonds. The van der Waals surface area contributed by atoms with Crippen LogP contribution in [0.25, 0.3) is 0 Å². The Morgan fingerprint density at radius 3 is 2.84 bits per heavy atom. The largest absolute Gasteiger partial charge is 0.501 e. The summed E-state index contributed by atoms with van der Waals surface area (Å²) in [4.78, 5) is 25.3. The van der Waals surface area contributed by atoms with E-state index in [2.05, 4.69) is 32.1 Å². The molecule has 0 radical (unpaired) electrons. The van der Waals surface area contributed by atoms with Gasteiger partial charge in [0, 0.05) is 29.6 Å². The van der Waals surface area contributed by atoms with Gasteiger partial charge in [-0.1, -0.05) is 31.6 Å². The molecule has 1 aliphatic heterocycles. The van der Waals surface area contributed by atoms with Gasteiger partial charge in [0.2, 0.25) is 0 Å². The highest BCUT2D eigenvalue weighted by molar-refractivity contribution is 5.96. The fraction of sp³-hybridized carbons (Fsp3) is 0.704. The highest BCUT2D eigenvalue weighted by atomic mass is 16.6. The Bertz CT molecular complexity index is 990. The predicted octanol–water partition coefficient (Wildman–Crippen LogP) is 4.73. The van der Waals surface area contributed by atoms with Crippen molar-refractivity contribution in [2.75, 3.05) is 13.7 Å². The van der Waals surface area contributed by atoms with Crippen molar-refractivity contribution in [3.05, 3.63) is 35.1 Å². The Labute approximate surface area is 190 Å². The van der Waals surface area contributed by atoms with Gasteiger partial charge in [-0.2, -0.15) is 0 Å². The minimum atomic E-state index is -0.761. The highest BCUT2D eigenvalue weighted by Gasteiger charge is 2.79. The minimum Gasteiger partial charge on any atom is -0.501 e. The molecule has 5 aliphatic carbocycles. The van der Waals surface area contributed by atoms with Crippen LogP contribution in [-0.2, 0) is 23.8 Å². The molecule has 3 fully saturated rings. The number of rotatable bonds is 3. The molecule has 8 atom stereocenters. The summed E-state index contributed by atoms with van der Waals surface area (Å²) in [6, 6.07) is 0. The molecule has 0 aromatic heterocycles. The van der Waals surface area contributed by atoms with Crippen molar-refractivity contribution in [2.45, 2.75) is 64.9 Å². The molecule has 6 aliphatic rings. The van der Waals surface area contributed by atoms with E-state index < -0.39 is 17.5 Å². The smallest absolute Gasteiger partial charge is 0.321 e. The zero-order valence-electron chi connectivity index (χ0n) is 19.6. The number of hydrogen-bond acceptors (Lipinski definition) is 5. The molecule has 5 heteroatoms. The first-order valence-electron chi connectivity index (χ1n) is 12.3. The van der Waals surface area contributed by atoms with Gasteiger partial charge in [0.05, 0.1) is 19.5 Å². The van der Waals surface area contributed by atoms with Gasteiger partial charge in [-0.3, -0.25) is 9.59 Å². The number of carbonyl (C=O) groups excluding carboxylic acids is 2. The first kappa shape index (κ1) is 20.6. The number of allylic oxidation sites excluding steroid dienone is 6. The molecule has 6 rings (SSSR count). The maximum atomic E-state index is 12.8. The zero-order valence-corrected chi connectivity index (χ0v) is 19.6. The molecule has 0 bridgehead atoms. The topological polar surface area (TPSA) is 61.8 Å². The van der Waals surface area contributed by atoms with Gasteiger partial charge in [0.25, 0.3) is 0 Å². The molecule has 5 nitrogen and oxygen atoms in total. The Morgan fingerprint density at radius 1 is 1.28 bits per heavy atom. The lowest BCUT2D eigenvalue weighted by atomic mass is 9.50. The van der Waals surface area contributed by atoms with Crippen LogP contribution in [0.4, 0.5) is 0 Å². The first-order valence-corrected chi connectivity index (χ1v) is 12.3. The SMILES string of the molecule is CCOC(=O)C1CC2(OC1=O)C1CC1C1C3CC=C4C=C(OC)CCC4(C)C3=CCC12C. The van der Waals surface area contributed by atoms with E-state index in [1.807, 2.05) is 0 Å². The van der Waals surface area contributed by atoms with Gasteiger partial charge in [0.15, 0.2) is 5.92 Å². The average molecular weight is 439 g/mol. The van der Waals surface area contributed by atoms with Gasteiger partial charge in [0.1, 0.15) is 5.60 Å². The fourth-order valence-corrected chi connectivity index (χ4v) is 8.56. The third-order valence-electron chi connectivity index (χ3n) is 10.1. The van der Waals surface area contributed by atoms with Crippen LogP contribution >= 0.6 is 0 Å². The van der Waals surface area contributed by atoms with Crippen LogP contribution in [0.2, 0.25) is 0 Å². The fourth-order valence-electron chi connectivity index (χ4n) is 8.56. The molecule has 1 spiro atoms. The maximum absolute atomic E-state index is 12.8. The lowest BCUT2D eigenvalue weighted by molar-refractivity contribution is -0.168. The van der Waals surface area contributed by atoms with Crippen LogP contribution in [0.5, 0.6) is 0 Å². The molecule has 0 N–H and O–H groups in total. The van der Waals surface area contributed by atoms with Crippen molar-refractivity contribution in [3.8, 4) is 0 Å². The number of esters is 2. The van der Waals surface area contributed by atoms with Crippen molar-refractivity contribution in [2.24, 2.45) is 40.4 Å². The summed E-state index contributed by atoms with van der Waals surface area (Å²) in [7, 11) is 1.77. The number of fused-ring (bicyclic) bond motifs is 9. The van der Waals surface area contributed by atoms with Gasteiger partial charge in [-0.25, -0.2) is 0 Å². The van der Waals surface area contributed by atoms with Crippen LogP contribution in [-0.4, -0.2) is 31.3 Å². The van der Waals surface area contributed by atoms with Crippen molar-refractivity contribution in [1.29, 1.82) is 0 Å². The molecule has 2 saturated carbocycles. The summed E-state index contributed by atoms with van der Waals surface area (Å²) < 4.78 is 17.0. The minimum absolute atomic E-state index is 0.0756. The average Bonchev–Trinajstić information content (AvgIpc) is 3.43. The molecule has 32 heavy (non-hydrogen) atoms. The monoisotopic (exact) mass is 438 g/mol.